The SMILES string of the molecule is CCCCC1(O)CCC(CCC(CC)Cc2ccc(CCOC)cc2)(C(C)=O)CC1. The predicted octanol–water partition coefficient (Wildman–Crippen LogP) is 6.30. The van der Waals surface area contributed by atoms with E-state index in [1.54, 1.807) is 14.0 Å². The van der Waals surface area contributed by atoms with Crippen molar-refractivity contribution in [2.24, 2.45) is 11.3 Å². The number of hydrogen-bond acceptors (Lipinski definition) is 3. The first kappa shape index (κ1) is 25.1. The summed E-state index contributed by atoms with van der Waals surface area (Å²) in [6, 6.07) is 8.94. The average Bonchev–Trinajstić information content (AvgIpc) is 2.76. The molecule has 1 aliphatic rings. The molecule has 1 N–H and O–H groups in total. The van der Waals surface area contributed by atoms with Crippen LogP contribution in [0, 0.1) is 11.3 Å². The predicted molar refractivity (Wildman–Crippen MR) is 125 cm³/mol. The van der Waals surface area contributed by atoms with Crippen LogP contribution < -0.4 is 0 Å². The highest BCUT2D eigenvalue weighted by Crippen LogP contribution is 2.47. The van der Waals surface area contributed by atoms with Crippen molar-refractivity contribution in [1.29, 1.82) is 0 Å². The number of ketones is 1. The van der Waals surface area contributed by atoms with Crippen molar-refractivity contribution < 1.29 is 14.6 Å². The molecule has 0 amide bonds. The van der Waals surface area contributed by atoms with E-state index < -0.39 is 5.60 Å². The summed E-state index contributed by atoms with van der Waals surface area (Å²) in [6.07, 6.45) is 11.6. The lowest BCUT2D eigenvalue weighted by atomic mass is 9.63. The number of rotatable bonds is 13. The van der Waals surface area contributed by atoms with E-state index in [1.807, 2.05) is 0 Å². The van der Waals surface area contributed by atoms with Gasteiger partial charge in [-0.05, 0) is 81.8 Å². The molecule has 0 bridgehead atoms. The van der Waals surface area contributed by atoms with E-state index in [-0.39, 0.29) is 5.41 Å². The van der Waals surface area contributed by atoms with Gasteiger partial charge >= 0.3 is 0 Å². The summed E-state index contributed by atoms with van der Waals surface area (Å²) in [5.41, 5.74) is 1.96. The summed E-state index contributed by atoms with van der Waals surface area (Å²) in [5.74, 6) is 0.935. The number of unbranched alkanes of at least 4 members (excludes halogenated alkanes) is 1. The van der Waals surface area contributed by atoms with E-state index in [0.717, 1.165) is 83.7 Å². The number of benzene rings is 1. The van der Waals surface area contributed by atoms with E-state index in [2.05, 4.69) is 38.1 Å². The van der Waals surface area contributed by atoms with Gasteiger partial charge in [0.15, 0.2) is 0 Å². The van der Waals surface area contributed by atoms with Crippen molar-refractivity contribution >= 4 is 5.78 Å². The molecular weight excluding hydrogens is 372 g/mol. The van der Waals surface area contributed by atoms with E-state index >= 15 is 0 Å². The molecule has 0 aromatic heterocycles. The molecule has 0 saturated heterocycles. The zero-order valence-electron chi connectivity index (χ0n) is 19.8. The molecule has 0 spiro atoms. The Morgan fingerprint density at radius 3 is 2.23 bits per heavy atom. The lowest BCUT2D eigenvalue weighted by Crippen LogP contribution is -2.42. The molecule has 1 aliphatic carbocycles. The minimum atomic E-state index is -0.538. The summed E-state index contributed by atoms with van der Waals surface area (Å²) in [7, 11) is 1.74. The number of Topliss-reactive ketones (excluding diaryl/α,β-unsaturated/α-hetero) is 1. The summed E-state index contributed by atoms with van der Waals surface area (Å²) in [4.78, 5) is 12.6. The molecule has 170 valence electrons. The number of methoxy groups -OCH3 is 1. The molecular formula is C27H44O3. The highest BCUT2D eigenvalue weighted by atomic mass is 16.5. The van der Waals surface area contributed by atoms with Crippen LogP contribution in [0.15, 0.2) is 24.3 Å². The number of ether oxygens (including phenoxy) is 1. The van der Waals surface area contributed by atoms with Gasteiger partial charge in [-0.15, -0.1) is 0 Å². The average molecular weight is 417 g/mol. The van der Waals surface area contributed by atoms with Crippen LogP contribution in [0.25, 0.3) is 0 Å². The van der Waals surface area contributed by atoms with Crippen LogP contribution in [0.5, 0.6) is 0 Å². The maximum atomic E-state index is 12.6. The second-order valence-corrected chi connectivity index (χ2v) is 9.74. The minimum absolute atomic E-state index is 0.212. The Labute approximate surface area is 184 Å². The second kappa shape index (κ2) is 12.0. The summed E-state index contributed by atoms with van der Waals surface area (Å²) >= 11 is 0. The normalized spacial score (nSPS) is 25.2. The Balaban J connectivity index is 1.92. The van der Waals surface area contributed by atoms with Crippen LogP contribution >= 0.6 is 0 Å². The van der Waals surface area contributed by atoms with Crippen LogP contribution in [-0.4, -0.2) is 30.2 Å². The van der Waals surface area contributed by atoms with Gasteiger partial charge in [-0.25, -0.2) is 0 Å². The third-order valence-electron chi connectivity index (χ3n) is 7.63. The van der Waals surface area contributed by atoms with Crippen molar-refractivity contribution in [3.8, 4) is 0 Å². The van der Waals surface area contributed by atoms with Gasteiger partial charge in [-0.3, -0.25) is 4.79 Å². The van der Waals surface area contributed by atoms with Gasteiger partial charge < -0.3 is 9.84 Å². The molecule has 1 aromatic rings. The molecule has 1 atom stereocenters. The fourth-order valence-electron chi connectivity index (χ4n) is 5.05. The molecule has 1 unspecified atom stereocenters. The van der Waals surface area contributed by atoms with E-state index in [1.165, 1.54) is 11.1 Å². The van der Waals surface area contributed by atoms with Crippen LogP contribution in [0.4, 0.5) is 0 Å². The standard InChI is InChI=1S/C27H44O3/c1-5-7-14-27(29)18-16-26(17-19-27,22(3)28)15-12-23(6-2)21-25-10-8-24(9-11-25)13-20-30-4/h8-11,23,29H,5-7,12-21H2,1-4H3. The van der Waals surface area contributed by atoms with E-state index in [4.69, 9.17) is 4.74 Å². The fraction of sp³-hybridized carbons (Fsp3) is 0.741. The molecule has 30 heavy (non-hydrogen) atoms. The van der Waals surface area contributed by atoms with Gasteiger partial charge in [0.1, 0.15) is 5.78 Å². The maximum absolute atomic E-state index is 12.6. The number of hydrogen-bond donors (Lipinski definition) is 1. The van der Waals surface area contributed by atoms with E-state index in [0.29, 0.717) is 11.7 Å². The molecule has 0 radical (unpaired) electrons. The highest BCUT2D eigenvalue weighted by molar-refractivity contribution is 5.82. The first-order valence-electron chi connectivity index (χ1n) is 12.2. The van der Waals surface area contributed by atoms with Crippen molar-refractivity contribution in [3.63, 3.8) is 0 Å². The number of carbonyl (C=O) groups excluding carboxylic acids is 1. The molecule has 2 rings (SSSR count). The third-order valence-corrected chi connectivity index (χ3v) is 7.63. The maximum Gasteiger partial charge on any atom is 0.135 e. The topological polar surface area (TPSA) is 46.5 Å². The van der Waals surface area contributed by atoms with Gasteiger partial charge in [-0.2, -0.15) is 0 Å². The molecule has 1 saturated carbocycles. The molecule has 1 fully saturated rings. The Morgan fingerprint density at radius 1 is 1.07 bits per heavy atom. The molecule has 1 aromatic carbocycles. The molecule has 0 aliphatic heterocycles. The van der Waals surface area contributed by atoms with Gasteiger partial charge in [0.2, 0.25) is 0 Å². The zero-order valence-corrected chi connectivity index (χ0v) is 19.8. The number of carbonyl (C=O) groups is 1. The lowest BCUT2D eigenvalue weighted by Gasteiger charge is -2.43. The quantitative estimate of drug-likeness (QED) is 0.411. The minimum Gasteiger partial charge on any atom is -0.390 e. The molecule has 0 heterocycles. The number of aliphatic hydroxyl groups is 1. The second-order valence-electron chi connectivity index (χ2n) is 9.74. The summed E-state index contributed by atoms with van der Waals surface area (Å²) in [5, 5.41) is 10.9. The first-order chi connectivity index (χ1) is 14.4. The van der Waals surface area contributed by atoms with Crippen molar-refractivity contribution in [3.05, 3.63) is 35.4 Å². The third kappa shape index (κ3) is 7.20. The Morgan fingerprint density at radius 2 is 1.70 bits per heavy atom. The Bertz CT molecular complexity index is 626. The van der Waals surface area contributed by atoms with Gasteiger partial charge in [0.25, 0.3) is 0 Å². The van der Waals surface area contributed by atoms with Gasteiger partial charge in [0, 0.05) is 12.5 Å². The van der Waals surface area contributed by atoms with Crippen LogP contribution in [0.3, 0.4) is 0 Å². The lowest BCUT2D eigenvalue weighted by molar-refractivity contribution is -0.133. The first-order valence-corrected chi connectivity index (χ1v) is 12.2. The molecule has 3 heteroatoms. The van der Waals surface area contributed by atoms with Crippen LogP contribution in [-0.2, 0) is 22.4 Å². The van der Waals surface area contributed by atoms with Crippen LogP contribution in [0.1, 0.15) is 96.1 Å². The Hall–Kier alpha value is -1.19. The van der Waals surface area contributed by atoms with Crippen molar-refractivity contribution in [2.75, 3.05) is 13.7 Å². The monoisotopic (exact) mass is 416 g/mol. The summed E-state index contributed by atoms with van der Waals surface area (Å²) in [6.45, 7) is 6.97. The summed E-state index contributed by atoms with van der Waals surface area (Å²) < 4.78 is 5.17. The van der Waals surface area contributed by atoms with Gasteiger partial charge in [-0.1, -0.05) is 57.4 Å². The fourth-order valence-corrected chi connectivity index (χ4v) is 5.05. The highest BCUT2D eigenvalue weighted by Gasteiger charge is 2.44. The van der Waals surface area contributed by atoms with Crippen molar-refractivity contribution in [2.45, 2.75) is 103 Å². The largest absolute Gasteiger partial charge is 0.390 e. The zero-order chi connectivity index (χ0) is 22.0. The van der Waals surface area contributed by atoms with Gasteiger partial charge in [0.05, 0.1) is 12.2 Å². The van der Waals surface area contributed by atoms with E-state index in [9.17, 15) is 9.90 Å². The van der Waals surface area contributed by atoms with Crippen LogP contribution in [0.2, 0.25) is 0 Å². The van der Waals surface area contributed by atoms with Crippen molar-refractivity contribution in [1.82, 2.24) is 0 Å². The Kier molecular flexibility index (Phi) is 10.0. The smallest absolute Gasteiger partial charge is 0.135 e. The molecule has 3 nitrogen and oxygen atoms in total.